The Kier molecular flexibility index (Phi) is 4.22. The minimum Gasteiger partial charge on any atom is -0.311 e. The number of rotatable bonds is 3. The van der Waals surface area contributed by atoms with Crippen LogP contribution in [0.2, 0.25) is 10.6 Å². The Morgan fingerprint density at radius 3 is 1.95 bits per heavy atom. The lowest BCUT2D eigenvalue weighted by atomic mass is 10.1. The molecule has 0 spiro atoms. The van der Waals surface area contributed by atoms with E-state index in [2.05, 4.69) is 47.0 Å². The molecule has 1 heterocycles. The van der Waals surface area contributed by atoms with E-state index in [0.717, 1.165) is 5.69 Å². The molecule has 0 aliphatic rings. The van der Waals surface area contributed by atoms with Gasteiger partial charge < -0.3 is 4.90 Å². The van der Waals surface area contributed by atoms with Gasteiger partial charge in [-0.1, -0.05) is 6.07 Å². The fraction of sp³-hybridized carbons (Fsp3) is 0.308. The number of anilines is 2. The van der Waals surface area contributed by atoms with Crippen LogP contribution in [0.4, 0.5) is 11.6 Å². The SMILES string of the molecule is CCN(c1cc(C)cc(C)c1)c1nc(Cl)nc(Cl)n1. The molecule has 6 heteroatoms. The Morgan fingerprint density at radius 1 is 0.947 bits per heavy atom. The quantitative estimate of drug-likeness (QED) is 0.860. The van der Waals surface area contributed by atoms with E-state index in [9.17, 15) is 0 Å². The highest BCUT2D eigenvalue weighted by Crippen LogP contribution is 2.25. The summed E-state index contributed by atoms with van der Waals surface area (Å²) in [5.74, 6) is 0.456. The summed E-state index contributed by atoms with van der Waals surface area (Å²) in [6.45, 7) is 6.83. The highest BCUT2D eigenvalue weighted by molar-refractivity contribution is 6.31. The molecule has 0 bridgehead atoms. The molecule has 0 radical (unpaired) electrons. The van der Waals surface area contributed by atoms with E-state index in [-0.39, 0.29) is 10.6 Å². The Bertz CT molecular complexity index is 509. The van der Waals surface area contributed by atoms with Crippen LogP contribution >= 0.6 is 23.2 Å². The zero-order chi connectivity index (χ0) is 14.0. The summed E-state index contributed by atoms with van der Waals surface area (Å²) in [5, 5.41) is 0.190. The molecule has 0 N–H and O–H groups in total. The molecule has 1 aromatic heterocycles. The van der Waals surface area contributed by atoms with Crippen molar-refractivity contribution in [1.29, 1.82) is 0 Å². The van der Waals surface area contributed by atoms with Crippen LogP contribution in [0.25, 0.3) is 0 Å². The number of hydrogen-bond donors (Lipinski definition) is 0. The Morgan fingerprint density at radius 2 is 1.47 bits per heavy atom. The summed E-state index contributed by atoms with van der Waals surface area (Å²) in [6, 6.07) is 6.26. The third-order valence-electron chi connectivity index (χ3n) is 2.64. The van der Waals surface area contributed by atoms with Crippen molar-refractivity contribution in [2.24, 2.45) is 0 Å². The Hall–Kier alpha value is -1.39. The van der Waals surface area contributed by atoms with Gasteiger partial charge in [-0.05, 0) is 67.2 Å². The number of benzene rings is 1. The van der Waals surface area contributed by atoms with E-state index < -0.39 is 0 Å². The molecule has 2 rings (SSSR count). The van der Waals surface area contributed by atoms with E-state index in [1.54, 1.807) is 0 Å². The van der Waals surface area contributed by atoms with Crippen LogP contribution in [0, 0.1) is 13.8 Å². The van der Waals surface area contributed by atoms with Crippen LogP contribution in [0.15, 0.2) is 18.2 Å². The van der Waals surface area contributed by atoms with Gasteiger partial charge in [-0.3, -0.25) is 0 Å². The molecule has 0 amide bonds. The summed E-state index contributed by atoms with van der Waals surface area (Å²) in [7, 11) is 0. The maximum Gasteiger partial charge on any atom is 0.235 e. The number of halogens is 2. The average Bonchev–Trinajstić information content (AvgIpc) is 2.27. The number of aromatic nitrogens is 3. The van der Waals surface area contributed by atoms with Crippen molar-refractivity contribution in [3.8, 4) is 0 Å². The molecule has 0 aliphatic carbocycles. The second kappa shape index (κ2) is 5.72. The first-order valence-corrected chi connectivity index (χ1v) is 6.68. The van der Waals surface area contributed by atoms with Crippen molar-refractivity contribution in [2.45, 2.75) is 20.8 Å². The molecule has 0 unspecified atom stereocenters. The van der Waals surface area contributed by atoms with Gasteiger partial charge >= 0.3 is 0 Å². The van der Waals surface area contributed by atoms with Gasteiger partial charge in [-0.2, -0.15) is 15.0 Å². The molecule has 19 heavy (non-hydrogen) atoms. The fourth-order valence-corrected chi connectivity index (χ4v) is 2.34. The van der Waals surface area contributed by atoms with Crippen LogP contribution in [0.3, 0.4) is 0 Å². The van der Waals surface area contributed by atoms with Gasteiger partial charge in [-0.15, -0.1) is 0 Å². The third kappa shape index (κ3) is 3.33. The topological polar surface area (TPSA) is 41.9 Å². The maximum atomic E-state index is 5.83. The zero-order valence-corrected chi connectivity index (χ0v) is 12.5. The Balaban J connectivity index is 2.49. The number of hydrogen-bond acceptors (Lipinski definition) is 4. The summed E-state index contributed by atoms with van der Waals surface area (Å²) in [4.78, 5) is 14.0. The fourth-order valence-electron chi connectivity index (χ4n) is 1.98. The number of aryl methyl sites for hydroxylation is 2. The monoisotopic (exact) mass is 296 g/mol. The summed E-state index contributed by atoms with van der Waals surface area (Å²) in [5.41, 5.74) is 3.37. The Labute approximate surface area is 122 Å². The second-order valence-corrected chi connectivity index (χ2v) is 4.94. The average molecular weight is 297 g/mol. The lowest BCUT2D eigenvalue weighted by Crippen LogP contribution is -2.19. The minimum atomic E-state index is 0.0952. The van der Waals surface area contributed by atoms with Crippen LogP contribution in [-0.2, 0) is 0 Å². The van der Waals surface area contributed by atoms with Gasteiger partial charge in [0.2, 0.25) is 16.5 Å². The van der Waals surface area contributed by atoms with Crippen LogP contribution in [0.5, 0.6) is 0 Å². The first-order chi connectivity index (χ1) is 8.99. The molecule has 0 fully saturated rings. The van der Waals surface area contributed by atoms with E-state index in [1.165, 1.54) is 11.1 Å². The summed E-state index contributed by atoms with van der Waals surface area (Å²) in [6.07, 6.45) is 0. The highest BCUT2D eigenvalue weighted by atomic mass is 35.5. The van der Waals surface area contributed by atoms with Gasteiger partial charge in [0.1, 0.15) is 0 Å². The summed E-state index contributed by atoms with van der Waals surface area (Å²) < 4.78 is 0. The van der Waals surface area contributed by atoms with E-state index >= 15 is 0 Å². The van der Waals surface area contributed by atoms with Gasteiger partial charge in [-0.25, -0.2) is 0 Å². The van der Waals surface area contributed by atoms with Crippen molar-refractivity contribution in [1.82, 2.24) is 15.0 Å². The summed E-state index contributed by atoms with van der Waals surface area (Å²) >= 11 is 11.7. The molecule has 100 valence electrons. The van der Waals surface area contributed by atoms with Crippen LogP contribution in [0.1, 0.15) is 18.1 Å². The standard InChI is InChI=1S/C13H14Cl2N4/c1-4-19(10-6-8(2)5-9(3)7-10)13-17-11(14)16-12(15)18-13/h5-7H,4H2,1-3H3. The minimum absolute atomic E-state index is 0.0952. The molecule has 0 aliphatic heterocycles. The largest absolute Gasteiger partial charge is 0.311 e. The normalized spacial score (nSPS) is 10.6. The zero-order valence-electron chi connectivity index (χ0n) is 11.0. The first kappa shape index (κ1) is 14.0. The van der Waals surface area contributed by atoms with Crippen molar-refractivity contribution in [2.75, 3.05) is 11.4 Å². The van der Waals surface area contributed by atoms with Gasteiger partial charge in [0.25, 0.3) is 0 Å². The number of nitrogens with zero attached hydrogens (tertiary/aromatic N) is 4. The third-order valence-corrected chi connectivity index (χ3v) is 2.98. The van der Waals surface area contributed by atoms with E-state index in [4.69, 9.17) is 23.2 Å². The molecule has 1 aromatic carbocycles. The van der Waals surface area contributed by atoms with Gasteiger partial charge in [0, 0.05) is 12.2 Å². The molecular formula is C13H14Cl2N4. The smallest absolute Gasteiger partial charge is 0.235 e. The molecule has 0 saturated carbocycles. The van der Waals surface area contributed by atoms with Crippen molar-refractivity contribution >= 4 is 34.8 Å². The molecule has 0 saturated heterocycles. The molecule has 0 atom stereocenters. The van der Waals surface area contributed by atoms with Gasteiger partial charge in [0.05, 0.1) is 0 Å². The van der Waals surface area contributed by atoms with Crippen LogP contribution in [-0.4, -0.2) is 21.5 Å². The lowest BCUT2D eigenvalue weighted by Gasteiger charge is -2.21. The maximum absolute atomic E-state index is 5.83. The van der Waals surface area contributed by atoms with E-state index in [1.807, 2.05) is 11.8 Å². The first-order valence-electron chi connectivity index (χ1n) is 5.92. The molecule has 4 nitrogen and oxygen atoms in total. The predicted octanol–water partition coefficient (Wildman–Crippen LogP) is 3.95. The molecule has 2 aromatic rings. The van der Waals surface area contributed by atoms with Gasteiger partial charge in [0.15, 0.2) is 0 Å². The van der Waals surface area contributed by atoms with Crippen molar-refractivity contribution in [3.63, 3.8) is 0 Å². The predicted molar refractivity (Wildman–Crippen MR) is 78.4 cm³/mol. The second-order valence-electron chi connectivity index (χ2n) is 4.26. The van der Waals surface area contributed by atoms with Crippen molar-refractivity contribution < 1.29 is 0 Å². The van der Waals surface area contributed by atoms with Crippen LogP contribution < -0.4 is 4.90 Å². The van der Waals surface area contributed by atoms with Crippen molar-refractivity contribution in [3.05, 3.63) is 39.9 Å². The lowest BCUT2D eigenvalue weighted by molar-refractivity contribution is 0.919. The highest BCUT2D eigenvalue weighted by Gasteiger charge is 2.13. The molecular weight excluding hydrogens is 283 g/mol. The van der Waals surface area contributed by atoms with E-state index in [0.29, 0.717) is 12.5 Å².